The number of phenols is 2. The van der Waals surface area contributed by atoms with Crippen molar-refractivity contribution in [1.29, 1.82) is 0 Å². The molecule has 4 rings (SSSR count). The molecular weight excluding hydrogens is 344 g/mol. The highest BCUT2D eigenvalue weighted by Crippen LogP contribution is 2.41. The van der Waals surface area contributed by atoms with Crippen molar-refractivity contribution >= 4 is 10.9 Å². The van der Waals surface area contributed by atoms with Crippen LogP contribution in [0.1, 0.15) is 5.56 Å². The number of benzene rings is 2. The normalized spacial score (nSPS) is 11.0. The second-order valence-electron chi connectivity index (χ2n) is 6.34. The zero-order valence-corrected chi connectivity index (χ0v) is 14.5. The van der Waals surface area contributed by atoms with Crippen molar-refractivity contribution in [3.05, 3.63) is 76.8 Å². The number of para-hydroxylation sites is 1. The molecule has 0 saturated carbocycles. The summed E-state index contributed by atoms with van der Waals surface area (Å²) in [6.07, 6.45) is 3.45. The summed E-state index contributed by atoms with van der Waals surface area (Å²) in [4.78, 5) is 15.5. The van der Waals surface area contributed by atoms with Crippen LogP contribution in [-0.4, -0.2) is 20.3 Å². The third kappa shape index (κ3) is 2.67. The summed E-state index contributed by atoms with van der Waals surface area (Å²) in [6.45, 7) is 1.89. The first-order valence-electron chi connectivity index (χ1n) is 8.35. The third-order valence-corrected chi connectivity index (χ3v) is 4.49. The number of nitrogens with one attached hydrogen (secondary N) is 1. The Labute approximate surface area is 154 Å². The Hall–Kier alpha value is -3.80. The lowest BCUT2D eigenvalue weighted by atomic mass is 9.99. The second kappa shape index (κ2) is 6.17. The van der Waals surface area contributed by atoms with Crippen molar-refractivity contribution in [2.45, 2.75) is 6.92 Å². The summed E-state index contributed by atoms with van der Waals surface area (Å²) >= 11 is 0. The van der Waals surface area contributed by atoms with Crippen LogP contribution < -0.4 is 10.1 Å². The van der Waals surface area contributed by atoms with E-state index in [0.29, 0.717) is 10.9 Å². The van der Waals surface area contributed by atoms with E-state index in [1.54, 1.807) is 47.3 Å². The van der Waals surface area contributed by atoms with Crippen LogP contribution in [0.15, 0.2) is 65.7 Å². The van der Waals surface area contributed by atoms with Crippen LogP contribution in [-0.2, 0) is 0 Å². The van der Waals surface area contributed by atoms with Crippen molar-refractivity contribution in [3.63, 3.8) is 0 Å². The Kier molecular flexibility index (Phi) is 3.81. The number of hydrogen-bond donors (Lipinski definition) is 4. The lowest BCUT2D eigenvalue weighted by Gasteiger charge is -2.12. The van der Waals surface area contributed by atoms with Gasteiger partial charge in [-0.1, -0.05) is 12.1 Å². The molecule has 0 amide bonds. The number of rotatable bonds is 2. The molecule has 4 aromatic rings. The van der Waals surface area contributed by atoms with Gasteiger partial charge in [0, 0.05) is 17.0 Å². The molecule has 6 nitrogen and oxygen atoms in total. The summed E-state index contributed by atoms with van der Waals surface area (Å²) in [5, 5.41) is 32.3. The largest absolute Gasteiger partial charge is 0.507 e. The Morgan fingerprint density at radius 3 is 2.41 bits per heavy atom. The predicted octanol–water partition coefficient (Wildman–Crippen LogP) is 2.90. The molecule has 27 heavy (non-hydrogen) atoms. The van der Waals surface area contributed by atoms with Gasteiger partial charge in [0.25, 0.3) is 11.2 Å². The van der Waals surface area contributed by atoms with Gasteiger partial charge in [-0.25, -0.2) is 0 Å². The summed E-state index contributed by atoms with van der Waals surface area (Å²) in [5.74, 6) is -0.622. The van der Waals surface area contributed by atoms with Gasteiger partial charge in [-0.15, -0.1) is 0 Å². The molecule has 134 valence electrons. The SMILES string of the molecule is Cc1ccc[n+](-c2c(O)ccc(O)c2-c2c(O)c3ccccc3[nH]c2=O)c1. The quantitative estimate of drug-likeness (QED) is 0.326. The average molecular weight is 361 g/mol. The zero-order chi connectivity index (χ0) is 19.1. The van der Waals surface area contributed by atoms with Gasteiger partial charge >= 0.3 is 0 Å². The van der Waals surface area contributed by atoms with E-state index >= 15 is 0 Å². The Morgan fingerprint density at radius 1 is 0.889 bits per heavy atom. The summed E-state index contributed by atoms with van der Waals surface area (Å²) in [6, 6.07) is 13.1. The van der Waals surface area contributed by atoms with Gasteiger partial charge in [-0.3, -0.25) is 4.79 Å². The second-order valence-corrected chi connectivity index (χ2v) is 6.34. The number of aryl methyl sites for hydroxylation is 1. The fourth-order valence-corrected chi connectivity index (χ4v) is 3.27. The number of nitrogens with zero attached hydrogens (tertiary/aromatic N) is 1. The Balaban J connectivity index is 2.14. The van der Waals surface area contributed by atoms with Gasteiger partial charge in [0.1, 0.15) is 17.1 Å². The van der Waals surface area contributed by atoms with E-state index in [9.17, 15) is 20.1 Å². The molecule has 2 aromatic carbocycles. The molecule has 2 aromatic heterocycles. The van der Waals surface area contributed by atoms with Crippen molar-refractivity contribution in [1.82, 2.24) is 4.98 Å². The molecule has 0 aliphatic rings. The van der Waals surface area contributed by atoms with Crippen molar-refractivity contribution in [2.24, 2.45) is 0 Å². The lowest BCUT2D eigenvalue weighted by Crippen LogP contribution is -2.31. The zero-order valence-electron chi connectivity index (χ0n) is 14.5. The molecule has 0 atom stereocenters. The Morgan fingerprint density at radius 2 is 1.63 bits per heavy atom. The molecule has 4 N–H and O–H groups in total. The molecular formula is C21H17N2O4+. The number of phenolic OH excluding ortho intramolecular Hbond substituents is 2. The smallest absolute Gasteiger partial charge is 0.264 e. The van der Waals surface area contributed by atoms with Gasteiger partial charge in [-0.05, 0) is 37.3 Å². The lowest BCUT2D eigenvalue weighted by molar-refractivity contribution is -0.596. The van der Waals surface area contributed by atoms with Gasteiger partial charge in [0.05, 0.1) is 11.1 Å². The number of aromatic amines is 1. The van der Waals surface area contributed by atoms with Gasteiger partial charge in [0.2, 0.25) is 0 Å². The Bertz CT molecular complexity index is 1240. The molecule has 0 spiro atoms. The van der Waals surface area contributed by atoms with E-state index < -0.39 is 5.56 Å². The first-order valence-corrected chi connectivity index (χ1v) is 8.35. The number of aromatic nitrogens is 2. The van der Waals surface area contributed by atoms with Gasteiger partial charge < -0.3 is 20.3 Å². The molecule has 6 heteroatoms. The highest BCUT2D eigenvalue weighted by Gasteiger charge is 2.28. The highest BCUT2D eigenvalue weighted by molar-refractivity contribution is 5.94. The van der Waals surface area contributed by atoms with Crippen LogP contribution in [0, 0.1) is 6.92 Å². The standard InChI is InChI=1S/C21H16N2O4/c1-12-5-4-10-23(11-12)19-16(25)9-8-15(24)17(19)18-20(26)13-6-2-3-7-14(13)22-21(18)27/h2-11H,1H3,(H3-,22,24,25,26,27)/p+1. The minimum atomic E-state index is -0.568. The van der Waals surface area contributed by atoms with E-state index in [4.69, 9.17) is 0 Å². The van der Waals surface area contributed by atoms with Crippen LogP contribution in [0.4, 0.5) is 0 Å². The van der Waals surface area contributed by atoms with Gasteiger partial charge in [0.15, 0.2) is 18.1 Å². The van der Waals surface area contributed by atoms with E-state index in [1.165, 1.54) is 12.1 Å². The fourth-order valence-electron chi connectivity index (χ4n) is 3.27. The van der Waals surface area contributed by atoms with Crippen LogP contribution in [0.5, 0.6) is 17.2 Å². The molecule has 0 saturated heterocycles. The van der Waals surface area contributed by atoms with E-state index in [0.717, 1.165) is 5.56 Å². The number of pyridine rings is 2. The molecule has 0 radical (unpaired) electrons. The third-order valence-electron chi connectivity index (χ3n) is 4.49. The van der Waals surface area contributed by atoms with Crippen LogP contribution >= 0.6 is 0 Å². The number of hydrogen-bond acceptors (Lipinski definition) is 4. The van der Waals surface area contributed by atoms with Crippen LogP contribution in [0.3, 0.4) is 0 Å². The molecule has 0 aliphatic heterocycles. The van der Waals surface area contributed by atoms with E-state index in [-0.39, 0.29) is 34.1 Å². The number of aromatic hydroxyl groups is 3. The van der Waals surface area contributed by atoms with E-state index in [2.05, 4.69) is 4.98 Å². The topological polar surface area (TPSA) is 97.4 Å². The molecule has 0 unspecified atom stereocenters. The van der Waals surface area contributed by atoms with Gasteiger partial charge in [-0.2, -0.15) is 4.57 Å². The molecule has 2 heterocycles. The van der Waals surface area contributed by atoms with E-state index in [1.807, 2.05) is 13.0 Å². The maximum atomic E-state index is 12.8. The predicted molar refractivity (Wildman–Crippen MR) is 101 cm³/mol. The monoisotopic (exact) mass is 361 g/mol. The minimum absolute atomic E-state index is 0.0510. The number of fused-ring (bicyclic) bond motifs is 1. The minimum Gasteiger partial charge on any atom is -0.507 e. The fraction of sp³-hybridized carbons (Fsp3) is 0.0476. The first-order chi connectivity index (χ1) is 13.0. The maximum Gasteiger partial charge on any atom is 0.264 e. The van der Waals surface area contributed by atoms with Crippen LogP contribution in [0.2, 0.25) is 0 Å². The van der Waals surface area contributed by atoms with Crippen molar-refractivity contribution in [3.8, 4) is 34.1 Å². The summed E-state index contributed by atoms with van der Waals surface area (Å²) in [7, 11) is 0. The molecule has 0 bridgehead atoms. The maximum absolute atomic E-state index is 12.8. The van der Waals surface area contributed by atoms with Crippen molar-refractivity contribution in [2.75, 3.05) is 0 Å². The average Bonchev–Trinajstić information content (AvgIpc) is 2.64. The summed E-state index contributed by atoms with van der Waals surface area (Å²) in [5.41, 5.74) is 0.980. The summed E-state index contributed by atoms with van der Waals surface area (Å²) < 4.78 is 1.60. The van der Waals surface area contributed by atoms with Crippen LogP contribution in [0.25, 0.3) is 27.7 Å². The highest BCUT2D eigenvalue weighted by atomic mass is 16.3. The number of H-pyrrole nitrogens is 1. The molecule has 0 aliphatic carbocycles. The molecule has 0 fully saturated rings. The first kappa shape index (κ1) is 16.7. The van der Waals surface area contributed by atoms with Crippen molar-refractivity contribution < 1.29 is 19.9 Å².